The summed E-state index contributed by atoms with van der Waals surface area (Å²) in [5, 5.41) is 4.02. The second-order valence-corrected chi connectivity index (χ2v) is 4.77. The second kappa shape index (κ2) is 7.68. The van der Waals surface area contributed by atoms with Gasteiger partial charge in [0, 0.05) is 12.6 Å². The number of hydrogen-bond acceptors (Lipinski definition) is 4. The molecule has 1 heterocycles. The van der Waals surface area contributed by atoms with Crippen LogP contribution in [0.3, 0.4) is 0 Å². The van der Waals surface area contributed by atoms with Gasteiger partial charge in [0.15, 0.2) is 5.69 Å². The van der Waals surface area contributed by atoms with E-state index >= 15 is 0 Å². The molecule has 1 N–H and O–H groups in total. The number of rotatable bonds is 7. The molecule has 0 aliphatic carbocycles. The van der Waals surface area contributed by atoms with Crippen LogP contribution in [0, 0.1) is 5.92 Å². The van der Waals surface area contributed by atoms with Gasteiger partial charge in [-0.3, -0.25) is 14.4 Å². The molecule has 0 aromatic carbocycles. The third kappa shape index (κ3) is 5.21. The van der Waals surface area contributed by atoms with Crippen LogP contribution in [0.5, 0.6) is 0 Å². The lowest BCUT2D eigenvalue weighted by Crippen LogP contribution is -2.30. The number of hydrogen-bond donors (Lipinski definition) is 1. The van der Waals surface area contributed by atoms with Gasteiger partial charge in [0.05, 0.1) is 6.61 Å². The molecule has 6 heteroatoms. The van der Waals surface area contributed by atoms with Crippen molar-refractivity contribution in [3.05, 3.63) is 28.2 Å². The van der Waals surface area contributed by atoms with Gasteiger partial charge in [0.2, 0.25) is 0 Å². The molecule has 0 aliphatic rings. The Labute approximate surface area is 112 Å². The van der Waals surface area contributed by atoms with E-state index in [1.807, 2.05) is 20.8 Å². The van der Waals surface area contributed by atoms with E-state index in [2.05, 4.69) is 10.6 Å². The number of nitrogens with zero attached hydrogens (tertiary/aromatic N) is 2. The van der Waals surface area contributed by atoms with Gasteiger partial charge in [0.1, 0.15) is 0 Å². The van der Waals surface area contributed by atoms with Crippen molar-refractivity contribution >= 4 is 5.91 Å². The van der Waals surface area contributed by atoms with Gasteiger partial charge in [-0.1, -0.05) is 27.2 Å². The molecule has 0 atom stereocenters. The highest BCUT2D eigenvalue weighted by Gasteiger charge is 2.09. The summed E-state index contributed by atoms with van der Waals surface area (Å²) >= 11 is 0. The van der Waals surface area contributed by atoms with Crippen molar-refractivity contribution in [2.24, 2.45) is 5.92 Å². The van der Waals surface area contributed by atoms with Crippen LogP contribution in [0.15, 0.2) is 16.9 Å². The highest BCUT2D eigenvalue weighted by Crippen LogP contribution is 1.95. The van der Waals surface area contributed by atoms with E-state index < -0.39 is 5.91 Å². The molecule has 0 unspecified atom stereocenters. The Morgan fingerprint density at radius 3 is 2.84 bits per heavy atom. The molecule has 0 saturated carbocycles. The molecule has 0 spiro atoms. The average molecular weight is 267 g/mol. The second-order valence-electron chi connectivity index (χ2n) is 4.77. The maximum atomic E-state index is 11.7. The number of nitrogens with one attached hydrogen (secondary N) is 1. The zero-order valence-electron chi connectivity index (χ0n) is 11.7. The van der Waals surface area contributed by atoms with E-state index in [4.69, 9.17) is 4.84 Å². The van der Waals surface area contributed by atoms with Crippen molar-refractivity contribution in [1.82, 2.24) is 15.3 Å². The van der Waals surface area contributed by atoms with E-state index in [9.17, 15) is 9.59 Å². The average Bonchev–Trinajstić information content (AvgIpc) is 2.37. The Kier molecular flexibility index (Phi) is 6.21. The van der Waals surface area contributed by atoms with Crippen molar-refractivity contribution in [3.63, 3.8) is 0 Å². The van der Waals surface area contributed by atoms with Crippen molar-refractivity contribution in [2.45, 2.75) is 40.2 Å². The summed E-state index contributed by atoms with van der Waals surface area (Å²) in [4.78, 5) is 28.3. The van der Waals surface area contributed by atoms with Crippen LogP contribution in [-0.4, -0.2) is 22.3 Å². The fourth-order valence-electron chi connectivity index (χ4n) is 1.36. The first kappa shape index (κ1) is 15.4. The lowest BCUT2D eigenvalue weighted by Gasteiger charge is -2.08. The number of unbranched alkanes of at least 4 members (excludes halogenated alkanes) is 1. The number of aryl methyl sites for hydroxylation is 1. The number of hydroxylamine groups is 1. The van der Waals surface area contributed by atoms with Crippen LogP contribution in [0.4, 0.5) is 0 Å². The van der Waals surface area contributed by atoms with Gasteiger partial charge in [0.25, 0.3) is 11.5 Å². The summed E-state index contributed by atoms with van der Waals surface area (Å²) in [7, 11) is 0. The van der Waals surface area contributed by atoms with Crippen LogP contribution < -0.4 is 11.0 Å². The first-order chi connectivity index (χ1) is 9.04. The molecule has 6 nitrogen and oxygen atoms in total. The number of amides is 1. The molecule has 1 aromatic rings. The molecule has 0 fully saturated rings. The highest BCUT2D eigenvalue weighted by molar-refractivity contribution is 5.91. The van der Waals surface area contributed by atoms with Gasteiger partial charge in [-0.2, -0.15) is 5.10 Å². The minimum absolute atomic E-state index is 0.180. The summed E-state index contributed by atoms with van der Waals surface area (Å²) in [5.41, 5.74) is 2.30. The van der Waals surface area contributed by atoms with Crippen molar-refractivity contribution in [1.29, 1.82) is 0 Å². The van der Waals surface area contributed by atoms with E-state index in [-0.39, 0.29) is 11.3 Å². The van der Waals surface area contributed by atoms with E-state index in [0.717, 1.165) is 12.8 Å². The first-order valence-corrected chi connectivity index (χ1v) is 6.55. The molecule has 1 rings (SSSR count). The van der Waals surface area contributed by atoms with E-state index in [0.29, 0.717) is 19.1 Å². The Balaban J connectivity index is 2.67. The topological polar surface area (TPSA) is 73.2 Å². The summed E-state index contributed by atoms with van der Waals surface area (Å²) in [6.45, 7) is 6.94. The van der Waals surface area contributed by atoms with Crippen LogP contribution in [0.1, 0.15) is 44.1 Å². The normalized spacial score (nSPS) is 10.7. The quantitative estimate of drug-likeness (QED) is 0.757. The maximum absolute atomic E-state index is 11.7. The minimum atomic E-state index is -0.439. The smallest absolute Gasteiger partial charge is 0.273 e. The Bertz CT molecular complexity index is 468. The fourth-order valence-corrected chi connectivity index (χ4v) is 1.36. The third-order valence-electron chi connectivity index (χ3n) is 2.40. The van der Waals surface area contributed by atoms with Crippen LogP contribution in [0.2, 0.25) is 0 Å². The molecular formula is C13H21N3O3. The summed E-state index contributed by atoms with van der Waals surface area (Å²) in [5.74, 6) is -0.113. The summed E-state index contributed by atoms with van der Waals surface area (Å²) in [6.07, 6.45) is 1.81. The predicted molar refractivity (Wildman–Crippen MR) is 71.7 cm³/mol. The SMILES string of the molecule is CCCCn1nc(C(=O)NOCC(C)C)ccc1=O. The molecule has 1 aromatic heterocycles. The van der Waals surface area contributed by atoms with Crippen LogP contribution in [-0.2, 0) is 11.4 Å². The minimum Gasteiger partial charge on any atom is -0.273 e. The zero-order valence-corrected chi connectivity index (χ0v) is 11.7. The van der Waals surface area contributed by atoms with Crippen molar-refractivity contribution in [2.75, 3.05) is 6.61 Å². The molecule has 0 radical (unpaired) electrons. The van der Waals surface area contributed by atoms with Gasteiger partial charge in [-0.05, 0) is 18.4 Å². The molecule has 0 saturated heterocycles. The monoisotopic (exact) mass is 267 g/mol. The van der Waals surface area contributed by atoms with Gasteiger partial charge >= 0.3 is 0 Å². The van der Waals surface area contributed by atoms with Gasteiger partial charge in [-0.25, -0.2) is 10.2 Å². The number of carbonyl (C=O) groups excluding carboxylic acids is 1. The predicted octanol–water partition coefficient (Wildman–Crippen LogP) is 1.36. The summed E-state index contributed by atoms with van der Waals surface area (Å²) < 4.78 is 1.31. The zero-order chi connectivity index (χ0) is 14.3. The van der Waals surface area contributed by atoms with E-state index in [1.165, 1.54) is 16.8 Å². The van der Waals surface area contributed by atoms with Gasteiger partial charge in [-0.15, -0.1) is 0 Å². The number of aromatic nitrogens is 2. The van der Waals surface area contributed by atoms with Crippen LogP contribution in [0.25, 0.3) is 0 Å². The highest BCUT2D eigenvalue weighted by atomic mass is 16.6. The Morgan fingerprint density at radius 2 is 2.21 bits per heavy atom. The molecule has 0 aliphatic heterocycles. The summed E-state index contributed by atoms with van der Waals surface area (Å²) in [6, 6.07) is 2.75. The Morgan fingerprint density at radius 1 is 1.47 bits per heavy atom. The third-order valence-corrected chi connectivity index (χ3v) is 2.40. The first-order valence-electron chi connectivity index (χ1n) is 6.55. The fraction of sp³-hybridized carbons (Fsp3) is 0.615. The molecule has 19 heavy (non-hydrogen) atoms. The largest absolute Gasteiger partial charge is 0.295 e. The maximum Gasteiger partial charge on any atom is 0.295 e. The Hall–Kier alpha value is -1.69. The molecular weight excluding hydrogens is 246 g/mol. The van der Waals surface area contributed by atoms with Crippen molar-refractivity contribution in [3.8, 4) is 0 Å². The number of carbonyl (C=O) groups is 1. The van der Waals surface area contributed by atoms with E-state index in [1.54, 1.807) is 0 Å². The molecule has 1 amide bonds. The lowest BCUT2D eigenvalue weighted by molar-refractivity contribution is 0.0203. The van der Waals surface area contributed by atoms with Crippen LogP contribution >= 0.6 is 0 Å². The van der Waals surface area contributed by atoms with Gasteiger partial charge < -0.3 is 0 Å². The standard InChI is InChI=1S/C13H21N3O3/c1-4-5-8-16-12(17)7-6-11(14-16)13(18)15-19-9-10(2)3/h6-7,10H,4-5,8-9H2,1-3H3,(H,15,18). The lowest BCUT2D eigenvalue weighted by atomic mass is 10.2. The van der Waals surface area contributed by atoms with Crippen molar-refractivity contribution < 1.29 is 9.63 Å². The molecule has 106 valence electrons. The molecule has 0 bridgehead atoms.